The molecule has 2 nitrogen and oxygen atoms in total. The van der Waals surface area contributed by atoms with Crippen molar-refractivity contribution < 1.29 is 10.2 Å². The standard InChI is InChI=1S/C10H20O2/c1-3-4-7-10(12)8-5-6-9(10,2)11/h11-12H,3-8H2,1-2H3/t9-,10-/m0/s1. The highest BCUT2D eigenvalue weighted by atomic mass is 16.4. The molecule has 0 heterocycles. The van der Waals surface area contributed by atoms with Crippen molar-refractivity contribution in [2.75, 3.05) is 0 Å². The summed E-state index contributed by atoms with van der Waals surface area (Å²) in [6.07, 6.45) is 5.29. The van der Waals surface area contributed by atoms with Crippen molar-refractivity contribution in [3.63, 3.8) is 0 Å². The number of hydrogen-bond acceptors (Lipinski definition) is 2. The number of unbranched alkanes of at least 4 members (excludes halogenated alkanes) is 1. The monoisotopic (exact) mass is 172 g/mol. The molecule has 2 N–H and O–H groups in total. The summed E-state index contributed by atoms with van der Waals surface area (Å²) in [6, 6.07) is 0. The van der Waals surface area contributed by atoms with Gasteiger partial charge < -0.3 is 10.2 Å². The Morgan fingerprint density at radius 2 is 1.92 bits per heavy atom. The second kappa shape index (κ2) is 3.35. The molecule has 1 saturated carbocycles. The maximum Gasteiger partial charge on any atom is 0.0930 e. The summed E-state index contributed by atoms with van der Waals surface area (Å²) >= 11 is 0. The normalized spacial score (nSPS) is 42.0. The summed E-state index contributed by atoms with van der Waals surface area (Å²) in [6.45, 7) is 3.86. The first-order chi connectivity index (χ1) is 5.52. The molecular formula is C10H20O2. The molecular weight excluding hydrogens is 152 g/mol. The molecule has 0 aromatic carbocycles. The van der Waals surface area contributed by atoms with Crippen LogP contribution in [0.1, 0.15) is 52.4 Å². The Hall–Kier alpha value is -0.0800. The Labute approximate surface area is 74.6 Å². The molecule has 0 aromatic rings. The van der Waals surface area contributed by atoms with Crippen LogP contribution in [0.4, 0.5) is 0 Å². The second-order valence-corrected chi connectivity index (χ2v) is 4.26. The number of aliphatic hydroxyl groups is 2. The zero-order valence-corrected chi connectivity index (χ0v) is 8.14. The lowest BCUT2D eigenvalue weighted by Crippen LogP contribution is -2.47. The first-order valence-electron chi connectivity index (χ1n) is 4.96. The Balaban J connectivity index is 2.56. The van der Waals surface area contributed by atoms with Gasteiger partial charge in [-0.3, -0.25) is 0 Å². The van der Waals surface area contributed by atoms with Crippen LogP contribution in [-0.2, 0) is 0 Å². The van der Waals surface area contributed by atoms with Crippen molar-refractivity contribution in [3.05, 3.63) is 0 Å². The molecule has 0 aliphatic heterocycles. The van der Waals surface area contributed by atoms with Gasteiger partial charge in [-0.05, 0) is 32.6 Å². The van der Waals surface area contributed by atoms with Crippen molar-refractivity contribution in [1.29, 1.82) is 0 Å². The van der Waals surface area contributed by atoms with Gasteiger partial charge >= 0.3 is 0 Å². The van der Waals surface area contributed by atoms with Crippen LogP contribution < -0.4 is 0 Å². The average Bonchev–Trinajstić information content (AvgIpc) is 2.24. The zero-order chi connectivity index (χ0) is 9.24. The molecule has 12 heavy (non-hydrogen) atoms. The lowest BCUT2D eigenvalue weighted by atomic mass is 9.83. The van der Waals surface area contributed by atoms with Crippen LogP contribution in [-0.4, -0.2) is 21.4 Å². The van der Waals surface area contributed by atoms with Crippen LogP contribution >= 0.6 is 0 Å². The van der Waals surface area contributed by atoms with Crippen LogP contribution in [0.3, 0.4) is 0 Å². The van der Waals surface area contributed by atoms with E-state index in [-0.39, 0.29) is 0 Å². The maximum absolute atomic E-state index is 10.1. The predicted octanol–water partition coefficient (Wildman–Crippen LogP) is 1.84. The Bertz CT molecular complexity index is 154. The van der Waals surface area contributed by atoms with Crippen molar-refractivity contribution in [3.8, 4) is 0 Å². The molecule has 0 saturated heterocycles. The highest BCUT2D eigenvalue weighted by Crippen LogP contribution is 2.42. The zero-order valence-electron chi connectivity index (χ0n) is 8.14. The summed E-state index contributed by atoms with van der Waals surface area (Å²) in [5.41, 5.74) is -1.65. The van der Waals surface area contributed by atoms with Gasteiger partial charge in [-0.2, -0.15) is 0 Å². The lowest BCUT2D eigenvalue weighted by Gasteiger charge is -2.35. The lowest BCUT2D eigenvalue weighted by molar-refractivity contribution is -0.124. The first-order valence-corrected chi connectivity index (χ1v) is 4.96. The highest BCUT2D eigenvalue weighted by Gasteiger charge is 2.48. The molecule has 0 amide bonds. The average molecular weight is 172 g/mol. The van der Waals surface area contributed by atoms with Crippen LogP contribution in [0.25, 0.3) is 0 Å². The van der Waals surface area contributed by atoms with E-state index in [4.69, 9.17) is 0 Å². The molecule has 1 fully saturated rings. The quantitative estimate of drug-likeness (QED) is 0.682. The second-order valence-electron chi connectivity index (χ2n) is 4.26. The van der Waals surface area contributed by atoms with Gasteiger partial charge in [0.2, 0.25) is 0 Å². The predicted molar refractivity (Wildman–Crippen MR) is 48.9 cm³/mol. The maximum atomic E-state index is 10.1. The minimum Gasteiger partial charge on any atom is -0.387 e. The summed E-state index contributed by atoms with van der Waals surface area (Å²) in [5, 5.41) is 20.0. The van der Waals surface area contributed by atoms with Crippen molar-refractivity contribution in [2.45, 2.75) is 63.6 Å². The molecule has 0 radical (unpaired) electrons. The van der Waals surface area contributed by atoms with Gasteiger partial charge in [0, 0.05) is 0 Å². The van der Waals surface area contributed by atoms with Crippen LogP contribution in [0.2, 0.25) is 0 Å². The molecule has 72 valence electrons. The van der Waals surface area contributed by atoms with E-state index in [1.807, 2.05) is 0 Å². The number of hydrogen-bond donors (Lipinski definition) is 2. The molecule has 0 bridgehead atoms. The summed E-state index contributed by atoms with van der Waals surface area (Å²) < 4.78 is 0. The van der Waals surface area contributed by atoms with Crippen LogP contribution in [0, 0.1) is 0 Å². The minimum absolute atomic E-state index is 0.743. The van der Waals surface area contributed by atoms with Gasteiger partial charge in [0.15, 0.2) is 0 Å². The van der Waals surface area contributed by atoms with Crippen LogP contribution in [0.15, 0.2) is 0 Å². The van der Waals surface area contributed by atoms with Crippen molar-refractivity contribution in [2.24, 2.45) is 0 Å². The number of rotatable bonds is 3. The van der Waals surface area contributed by atoms with Gasteiger partial charge in [0.1, 0.15) is 0 Å². The molecule has 2 heteroatoms. The Morgan fingerprint density at radius 1 is 1.25 bits per heavy atom. The minimum atomic E-state index is -0.845. The summed E-state index contributed by atoms with van der Waals surface area (Å²) in [7, 11) is 0. The molecule has 0 spiro atoms. The van der Waals surface area contributed by atoms with E-state index in [1.165, 1.54) is 0 Å². The fourth-order valence-corrected chi connectivity index (χ4v) is 2.09. The molecule has 1 aliphatic rings. The van der Waals surface area contributed by atoms with Crippen molar-refractivity contribution in [1.82, 2.24) is 0 Å². The smallest absolute Gasteiger partial charge is 0.0930 e. The molecule has 2 atom stereocenters. The third kappa shape index (κ3) is 1.64. The third-order valence-electron chi connectivity index (χ3n) is 3.20. The van der Waals surface area contributed by atoms with Gasteiger partial charge in [-0.1, -0.05) is 19.8 Å². The summed E-state index contributed by atoms with van der Waals surface area (Å²) in [4.78, 5) is 0. The molecule has 1 aliphatic carbocycles. The molecule has 0 aromatic heterocycles. The van der Waals surface area contributed by atoms with E-state index < -0.39 is 11.2 Å². The topological polar surface area (TPSA) is 40.5 Å². The van der Waals surface area contributed by atoms with Gasteiger partial charge in [0.05, 0.1) is 11.2 Å². The van der Waals surface area contributed by atoms with E-state index in [1.54, 1.807) is 6.92 Å². The molecule has 1 rings (SSSR count). The van der Waals surface area contributed by atoms with Gasteiger partial charge in [-0.15, -0.1) is 0 Å². The van der Waals surface area contributed by atoms with E-state index in [0.29, 0.717) is 0 Å². The third-order valence-corrected chi connectivity index (χ3v) is 3.20. The van der Waals surface area contributed by atoms with E-state index in [9.17, 15) is 10.2 Å². The van der Waals surface area contributed by atoms with Crippen LogP contribution in [0.5, 0.6) is 0 Å². The first kappa shape index (κ1) is 10.0. The largest absolute Gasteiger partial charge is 0.387 e. The molecule has 0 unspecified atom stereocenters. The van der Waals surface area contributed by atoms with Crippen molar-refractivity contribution >= 4 is 0 Å². The Morgan fingerprint density at radius 3 is 2.33 bits per heavy atom. The van der Waals surface area contributed by atoms with E-state index >= 15 is 0 Å². The fraction of sp³-hybridized carbons (Fsp3) is 1.00. The van der Waals surface area contributed by atoms with E-state index in [2.05, 4.69) is 6.92 Å². The Kier molecular flexibility index (Phi) is 2.79. The highest BCUT2D eigenvalue weighted by molar-refractivity contribution is 5.01. The van der Waals surface area contributed by atoms with Gasteiger partial charge in [0.25, 0.3) is 0 Å². The van der Waals surface area contributed by atoms with E-state index in [0.717, 1.165) is 38.5 Å². The fourth-order valence-electron chi connectivity index (χ4n) is 2.09. The van der Waals surface area contributed by atoms with Gasteiger partial charge in [-0.25, -0.2) is 0 Å². The SMILES string of the molecule is CCCC[C@]1(O)CCC[C@]1(C)O. The summed E-state index contributed by atoms with van der Waals surface area (Å²) in [5.74, 6) is 0.